The van der Waals surface area contributed by atoms with Gasteiger partial charge in [0.2, 0.25) is 5.95 Å². The smallest absolute Gasteiger partial charge is 0.254 e. The first-order valence-corrected chi connectivity index (χ1v) is 9.23. The van der Waals surface area contributed by atoms with Crippen molar-refractivity contribution in [2.45, 2.75) is 19.3 Å². The molecule has 2 N–H and O–H groups in total. The minimum Gasteiger partial charge on any atom is -0.354 e. The number of amides is 1. The fourth-order valence-electron chi connectivity index (χ4n) is 2.74. The lowest BCUT2D eigenvalue weighted by atomic mass is 10.1. The molecule has 0 spiro atoms. The van der Waals surface area contributed by atoms with E-state index in [9.17, 15) is 4.79 Å². The van der Waals surface area contributed by atoms with E-state index in [1.165, 1.54) is 11.1 Å². The van der Waals surface area contributed by atoms with Crippen molar-refractivity contribution in [3.63, 3.8) is 0 Å². The van der Waals surface area contributed by atoms with Crippen LogP contribution >= 0.6 is 0 Å². The predicted molar refractivity (Wildman–Crippen MR) is 108 cm³/mol. The van der Waals surface area contributed by atoms with Crippen molar-refractivity contribution in [2.75, 3.05) is 18.4 Å². The van der Waals surface area contributed by atoms with Crippen LogP contribution in [0.2, 0.25) is 0 Å². The molecule has 1 heterocycles. The van der Waals surface area contributed by atoms with Crippen LogP contribution in [-0.2, 0) is 12.8 Å². The molecule has 5 nitrogen and oxygen atoms in total. The normalized spacial score (nSPS) is 10.4. The van der Waals surface area contributed by atoms with E-state index in [0.29, 0.717) is 18.1 Å². The summed E-state index contributed by atoms with van der Waals surface area (Å²) >= 11 is 0. The Labute approximate surface area is 159 Å². The van der Waals surface area contributed by atoms with E-state index < -0.39 is 0 Å². The fraction of sp³-hybridized carbons (Fsp3) is 0.227. The van der Waals surface area contributed by atoms with Gasteiger partial charge in [0, 0.05) is 25.5 Å². The maximum Gasteiger partial charge on any atom is 0.254 e. The molecule has 0 aliphatic heterocycles. The summed E-state index contributed by atoms with van der Waals surface area (Å²) in [6.45, 7) is 1.37. The highest BCUT2D eigenvalue weighted by Crippen LogP contribution is 2.04. The van der Waals surface area contributed by atoms with Crippen LogP contribution in [0.25, 0.3) is 0 Å². The number of anilines is 1. The van der Waals surface area contributed by atoms with Gasteiger partial charge in [-0.3, -0.25) is 4.79 Å². The number of hydrogen-bond donors (Lipinski definition) is 2. The molecule has 0 fully saturated rings. The van der Waals surface area contributed by atoms with Gasteiger partial charge < -0.3 is 10.6 Å². The quantitative estimate of drug-likeness (QED) is 0.573. The molecule has 0 saturated carbocycles. The summed E-state index contributed by atoms with van der Waals surface area (Å²) in [5, 5.41) is 6.09. The Morgan fingerprint density at radius 3 is 2.00 bits per heavy atom. The number of rotatable bonds is 9. The molecule has 3 rings (SSSR count). The standard InChI is InChI=1S/C22H24N4O/c27-21(23-15-13-19-10-5-2-6-11-19)20-16-25-22(26-17-20)24-14-7-12-18-8-3-1-4-9-18/h1-6,8-11,16-17H,7,12-15H2,(H,23,27)(H,24,25,26). The third-order valence-corrected chi connectivity index (χ3v) is 4.22. The average Bonchev–Trinajstić information content (AvgIpc) is 2.73. The fourth-order valence-corrected chi connectivity index (χ4v) is 2.74. The van der Waals surface area contributed by atoms with Gasteiger partial charge in [-0.1, -0.05) is 60.7 Å². The molecule has 5 heteroatoms. The zero-order valence-corrected chi connectivity index (χ0v) is 15.3. The topological polar surface area (TPSA) is 66.9 Å². The third kappa shape index (κ3) is 6.22. The largest absolute Gasteiger partial charge is 0.354 e. The van der Waals surface area contributed by atoms with Crippen molar-refractivity contribution in [1.82, 2.24) is 15.3 Å². The summed E-state index contributed by atoms with van der Waals surface area (Å²) in [5.41, 5.74) is 2.99. The van der Waals surface area contributed by atoms with E-state index in [1.54, 1.807) is 12.4 Å². The first kappa shape index (κ1) is 18.6. The number of aryl methyl sites for hydroxylation is 1. The van der Waals surface area contributed by atoms with E-state index in [2.05, 4.69) is 44.9 Å². The summed E-state index contributed by atoms with van der Waals surface area (Å²) in [6, 6.07) is 20.5. The molecule has 0 bridgehead atoms. The minimum absolute atomic E-state index is 0.151. The molecule has 0 aliphatic carbocycles. The number of nitrogens with one attached hydrogen (secondary N) is 2. The molecule has 0 saturated heterocycles. The number of nitrogens with zero attached hydrogens (tertiary/aromatic N) is 2. The maximum atomic E-state index is 12.2. The van der Waals surface area contributed by atoms with Crippen molar-refractivity contribution >= 4 is 11.9 Å². The van der Waals surface area contributed by atoms with Gasteiger partial charge in [0.15, 0.2) is 0 Å². The van der Waals surface area contributed by atoms with Crippen LogP contribution in [0.15, 0.2) is 73.1 Å². The Kier molecular flexibility index (Phi) is 6.92. The lowest BCUT2D eigenvalue weighted by Gasteiger charge is -2.07. The van der Waals surface area contributed by atoms with E-state index in [4.69, 9.17) is 0 Å². The van der Waals surface area contributed by atoms with Crippen LogP contribution in [0.3, 0.4) is 0 Å². The van der Waals surface area contributed by atoms with Gasteiger partial charge in [0.05, 0.1) is 5.56 Å². The van der Waals surface area contributed by atoms with Crippen molar-refractivity contribution in [3.8, 4) is 0 Å². The highest BCUT2D eigenvalue weighted by Gasteiger charge is 2.06. The molecule has 0 unspecified atom stereocenters. The van der Waals surface area contributed by atoms with Crippen molar-refractivity contribution < 1.29 is 4.79 Å². The summed E-state index contributed by atoms with van der Waals surface area (Å²) in [4.78, 5) is 20.6. The van der Waals surface area contributed by atoms with Crippen LogP contribution in [0.5, 0.6) is 0 Å². The molecule has 27 heavy (non-hydrogen) atoms. The lowest BCUT2D eigenvalue weighted by Crippen LogP contribution is -2.26. The van der Waals surface area contributed by atoms with Crippen LogP contribution in [0.4, 0.5) is 5.95 Å². The second-order valence-electron chi connectivity index (χ2n) is 6.30. The van der Waals surface area contributed by atoms with Crippen LogP contribution in [-0.4, -0.2) is 29.0 Å². The SMILES string of the molecule is O=C(NCCc1ccccc1)c1cnc(NCCCc2ccccc2)nc1. The first-order valence-electron chi connectivity index (χ1n) is 9.23. The summed E-state index contributed by atoms with van der Waals surface area (Å²) in [7, 11) is 0. The molecule has 2 aromatic carbocycles. The second-order valence-corrected chi connectivity index (χ2v) is 6.30. The molecule has 3 aromatic rings. The van der Waals surface area contributed by atoms with Gasteiger partial charge in [0.1, 0.15) is 0 Å². The van der Waals surface area contributed by atoms with Crippen molar-refractivity contribution in [3.05, 3.63) is 89.7 Å². The van der Waals surface area contributed by atoms with Crippen LogP contribution in [0, 0.1) is 0 Å². The van der Waals surface area contributed by atoms with Gasteiger partial charge in [0.25, 0.3) is 5.91 Å². The lowest BCUT2D eigenvalue weighted by molar-refractivity contribution is 0.0953. The summed E-state index contributed by atoms with van der Waals surface area (Å²) in [6.07, 6.45) is 5.92. The Balaban J connectivity index is 1.38. The summed E-state index contributed by atoms with van der Waals surface area (Å²) in [5.74, 6) is 0.394. The summed E-state index contributed by atoms with van der Waals surface area (Å²) < 4.78 is 0. The number of benzene rings is 2. The molecule has 0 atom stereocenters. The molecular formula is C22H24N4O. The third-order valence-electron chi connectivity index (χ3n) is 4.22. The van der Waals surface area contributed by atoms with Gasteiger partial charge >= 0.3 is 0 Å². The van der Waals surface area contributed by atoms with Gasteiger partial charge in [-0.25, -0.2) is 9.97 Å². The number of carbonyl (C=O) groups is 1. The molecule has 0 aliphatic rings. The van der Waals surface area contributed by atoms with Crippen molar-refractivity contribution in [1.29, 1.82) is 0 Å². The van der Waals surface area contributed by atoms with Crippen molar-refractivity contribution in [2.24, 2.45) is 0 Å². The Hall–Kier alpha value is -3.21. The monoisotopic (exact) mass is 360 g/mol. The van der Waals surface area contributed by atoms with Crippen LogP contribution < -0.4 is 10.6 Å². The number of carbonyl (C=O) groups excluding carboxylic acids is 1. The molecule has 138 valence electrons. The average molecular weight is 360 g/mol. The van der Waals surface area contributed by atoms with E-state index in [1.807, 2.05) is 36.4 Å². The first-order chi connectivity index (χ1) is 13.3. The van der Waals surface area contributed by atoms with Crippen LogP contribution in [0.1, 0.15) is 27.9 Å². The minimum atomic E-state index is -0.151. The molecular weight excluding hydrogens is 336 g/mol. The highest BCUT2D eigenvalue weighted by molar-refractivity contribution is 5.93. The second kappa shape index (κ2) is 10.1. The van der Waals surface area contributed by atoms with E-state index in [0.717, 1.165) is 25.8 Å². The Morgan fingerprint density at radius 2 is 1.37 bits per heavy atom. The molecule has 1 aromatic heterocycles. The Morgan fingerprint density at radius 1 is 0.778 bits per heavy atom. The zero-order chi connectivity index (χ0) is 18.7. The number of hydrogen-bond acceptors (Lipinski definition) is 4. The predicted octanol–water partition coefficient (Wildman–Crippen LogP) is 3.49. The molecule has 0 radical (unpaired) electrons. The Bertz CT molecular complexity index is 820. The maximum absolute atomic E-state index is 12.2. The van der Waals surface area contributed by atoms with E-state index in [-0.39, 0.29) is 5.91 Å². The van der Waals surface area contributed by atoms with E-state index >= 15 is 0 Å². The van der Waals surface area contributed by atoms with Gasteiger partial charge in [-0.05, 0) is 30.4 Å². The molecule has 1 amide bonds. The van der Waals surface area contributed by atoms with Gasteiger partial charge in [-0.15, -0.1) is 0 Å². The van der Waals surface area contributed by atoms with Gasteiger partial charge in [-0.2, -0.15) is 0 Å². The zero-order valence-electron chi connectivity index (χ0n) is 15.3. The highest BCUT2D eigenvalue weighted by atomic mass is 16.1. The number of aromatic nitrogens is 2.